The van der Waals surface area contributed by atoms with E-state index in [4.69, 9.17) is 5.11 Å². The van der Waals surface area contributed by atoms with Crippen LogP contribution in [0, 0.1) is 0 Å². The summed E-state index contributed by atoms with van der Waals surface area (Å²) in [7, 11) is 0. The molecular weight excluding hydrogens is 318 g/mol. The van der Waals surface area contributed by atoms with Gasteiger partial charge in [-0.15, -0.1) is 0 Å². The first kappa shape index (κ1) is 15.0. The van der Waals surface area contributed by atoms with Crippen molar-refractivity contribution in [2.75, 3.05) is 6.26 Å². The number of amides is 1. The Labute approximate surface area is 118 Å². The number of carbonyl (C=O) groups excluding carboxylic acids is 1. The van der Waals surface area contributed by atoms with Crippen molar-refractivity contribution in [3.8, 4) is 0 Å². The van der Waals surface area contributed by atoms with Crippen LogP contribution in [0.4, 0.5) is 0 Å². The van der Waals surface area contributed by atoms with Crippen LogP contribution in [0.2, 0.25) is 0 Å². The van der Waals surface area contributed by atoms with E-state index in [2.05, 4.69) is 21.2 Å². The standard InChI is InChI=1S/C12H14BrNO3S/c1-7(18-2)11(15)14-10(12(16)17)8-3-5-9(13)6-4-8/h3-7,10H,1-2H3,(H,14,15)(H,16,17). The zero-order valence-corrected chi connectivity index (χ0v) is 12.4. The van der Waals surface area contributed by atoms with Gasteiger partial charge in [0, 0.05) is 4.47 Å². The molecule has 6 heteroatoms. The fraction of sp³-hybridized carbons (Fsp3) is 0.333. The minimum absolute atomic E-state index is 0.276. The van der Waals surface area contributed by atoms with Crippen molar-refractivity contribution in [2.24, 2.45) is 0 Å². The van der Waals surface area contributed by atoms with Crippen LogP contribution >= 0.6 is 27.7 Å². The number of aliphatic carboxylic acids is 1. The van der Waals surface area contributed by atoms with E-state index < -0.39 is 12.0 Å². The second kappa shape index (κ2) is 6.80. The monoisotopic (exact) mass is 331 g/mol. The van der Waals surface area contributed by atoms with E-state index in [-0.39, 0.29) is 11.2 Å². The minimum atomic E-state index is -1.07. The molecule has 1 aromatic carbocycles. The Morgan fingerprint density at radius 3 is 2.33 bits per heavy atom. The lowest BCUT2D eigenvalue weighted by Crippen LogP contribution is -2.38. The molecule has 0 aliphatic rings. The van der Waals surface area contributed by atoms with E-state index in [1.165, 1.54) is 11.8 Å². The second-order valence-electron chi connectivity index (χ2n) is 3.71. The van der Waals surface area contributed by atoms with E-state index in [1.807, 2.05) is 0 Å². The first-order valence-electron chi connectivity index (χ1n) is 5.27. The zero-order valence-electron chi connectivity index (χ0n) is 10.0. The fourth-order valence-electron chi connectivity index (χ4n) is 1.31. The molecule has 0 spiro atoms. The summed E-state index contributed by atoms with van der Waals surface area (Å²) in [6.45, 7) is 1.74. The molecule has 0 heterocycles. The van der Waals surface area contributed by atoms with Crippen molar-refractivity contribution in [1.29, 1.82) is 0 Å². The quantitative estimate of drug-likeness (QED) is 0.869. The lowest BCUT2D eigenvalue weighted by atomic mass is 10.1. The number of rotatable bonds is 5. The lowest BCUT2D eigenvalue weighted by Gasteiger charge is -2.17. The summed E-state index contributed by atoms with van der Waals surface area (Å²) in [5.41, 5.74) is 0.548. The van der Waals surface area contributed by atoms with Crippen LogP contribution in [0.1, 0.15) is 18.5 Å². The topological polar surface area (TPSA) is 66.4 Å². The van der Waals surface area contributed by atoms with Crippen molar-refractivity contribution >= 4 is 39.6 Å². The predicted octanol–water partition coefficient (Wildman–Crippen LogP) is 2.44. The highest BCUT2D eigenvalue weighted by atomic mass is 79.9. The molecule has 1 amide bonds. The van der Waals surface area contributed by atoms with Crippen molar-refractivity contribution in [1.82, 2.24) is 5.32 Å². The molecule has 1 aromatic rings. The highest BCUT2D eigenvalue weighted by Gasteiger charge is 2.24. The molecule has 2 atom stereocenters. The number of benzene rings is 1. The highest BCUT2D eigenvalue weighted by Crippen LogP contribution is 2.18. The van der Waals surface area contributed by atoms with Gasteiger partial charge >= 0.3 is 5.97 Å². The van der Waals surface area contributed by atoms with Crippen molar-refractivity contribution in [3.63, 3.8) is 0 Å². The maximum Gasteiger partial charge on any atom is 0.330 e. The molecule has 0 aliphatic heterocycles. The Morgan fingerprint density at radius 1 is 1.33 bits per heavy atom. The van der Waals surface area contributed by atoms with E-state index >= 15 is 0 Å². The minimum Gasteiger partial charge on any atom is -0.479 e. The molecule has 1 rings (SSSR count). The Hall–Kier alpha value is -1.01. The number of halogens is 1. The molecule has 0 bridgehead atoms. The lowest BCUT2D eigenvalue weighted by molar-refractivity contribution is -0.141. The van der Waals surface area contributed by atoms with E-state index in [1.54, 1.807) is 37.4 Å². The van der Waals surface area contributed by atoms with Crippen LogP contribution in [-0.4, -0.2) is 28.5 Å². The van der Waals surface area contributed by atoms with Gasteiger partial charge in [0.05, 0.1) is 5.25 Å². The van der Waals surface area contributed by atoms with Crippen LogP contribution in [0.25, 0.3) is 0 Å². The summed E-state index contributed by atoms with van der Waals surface area (Å²) in [6.07, 6.45) is 1.81. The number of carboxylic acid groups (broad SMARTS) is 1. The van der Waals surface area contributed by atoms with Gasteiger partial charge in [-0.25, -0.2) is 4.79 Å². The highest BCUT2D eigenvalue weighted by molar-refractivity contribution is 9.10. The Balaban J connectivity index is 2.87. The van der Waals surface area contributed by atoms with Gasteiger partial charge in [0.25, 0.3) is 0 Å². The molecule has 18 heavy (non-hydrogen) atoms. The van der Waals surface area contributed by atoms with Gasteiger partial charge in [-0.1, -0.05) is 28.1 Å². The molecule has 0 fully saturated rings. The van der Waals surface area contributed by atoms with Crippen LogP contribution in [0.3, 0.4) is 0 Å². The van der Waals surface area contributed by atoms with Crippen molar-refractivity contribution in [3.05, 3.63) is 34.3 Å². The third-order valence-corrected chi connectivity index (χ3v) is 3.91. The van der Waals surface area contributed by atoms with Gasteiger partial charge in [-0.3, -0.25) is 4.79 Å². The van der Waals surface area contributed by atoms with Crippen LogP contribution in [-0.2, 0) is 9.59 Å². The molecule has 2 unspecified atom stereocenters. The van der Waals surface area contributed by atoms with Gasteiger partial charge in [0.2, 0.25) is 5.91 Å². The molecule has 0 aliphatic carbocycles. The molecule has 4 nitrogen and oxygen atoms in total. The van der Waals surface area contributed by atoms with Crippen LogP contribution in [0.5, 0.6) is 0 Å². The van der Waals surface area contributed by atoms with E-state index in [9.17, 15) is 9.59 Å². The van der Waals surface area contributed by atoms with E-state index in [0.29, 0.717) is 5.56 Å². The normalized spacial score (nSPS) is 13.7. The average Bonchev–Trinajstić information content (AvgIpc) is 2.35. The fourth-order valence-corrected chi connectivity index (χ4v) is 1.86. The maximum absolute atomic E-state index is 11.7. The summed E-state index contributed by atoms with van der Waals surface area (Å²) in [5.74, 6) is -1.35. The van der Waals surface area contributed by atoms with Crippen LogP contribution < -0.4 is 5.32 Å². The summed E-state index contributed by atoms with van der Waals surface area (Å²) in [6, 6.07) is 5.82. The molecular formula is C12H14BrNO3S. The molecule has 0 radical (unpaired) electrons. The summed E-state index contributed by atoms with van der Waals surface area (Å²) >= 11 is 4.65. The molecule has 2 N–H and O–H groups in total. The SMILES string of the molecule is CSC(C)C(=O)NC(C(=O)O)c1ccc(Br)cc1. The van der Waals surface area contributed by atoms with Gasteiger partial charge < -0.3 is 10.4 Å². The van der Waals surface area contributed by atoms with E-state index in [0.717, 1.165) is 4.47 Å². The van der Waals surface area contributed by atoms with Gasteiger partial charge in [-0.2, -0.15) is 11.8 Å². The number of hydrogen-bond donors (Lipinski definition) is 2. The first-order chi connectivity index (χ1) is 8.45. The number of nitrogens with one attached hydrogen (secondary N) is 1. The Bertz CT molecular complexity index is 435. The Kier molecular flexibility index (Phi) is 5.68. The van der Waals surface area contributed by atoms with Gasteiger partial charge in [0.15, 0.2) is 6.04 Å². The van der Waals surface area contributed by atoms with Gasteiger partial charge in [-0.05, 0) is 30.9 Å². The number of hydrogen-bond acceptors (Lipinski definition) is 3. The molecule has 0 saturated heterocycles. The molecule has 0 aromatic heterocycles. The number of thioether (sulfide) groups is 1. The summed E-state index contributed by atoms with van der Waals surface area (Å²) in [4.78, 5) is 22.9. The van der Waals surface area contributed by atoms with Gasteiger partial charge in [0.1, 0.15) is 0 Å². The smallest absolute Gasteiger partial charge is 0.330 e. The first-order valence-corrected chi connectivity index (χ1v) is 7.35. The third-order valence-electron chi connectivity index (χ3n) is 2.46. The number of carboxylic acids is 1. The van der Waals surface area contributed by atoms with Crippen LogP contribution in [0.15, 0.2) is 28.7 Å². The average molecular weight is 332 g/mol. The largest absolute Gasteiger partial charge is 0.479 e. The third kappa shape index (κ3) is 4.03. The molecule has 98 valence electrons. The summed E-state index contributed by atoms with van der Waals surface area (Å²) in [5, 5.41) is 11.4. The number of carbonyl (C=O) groups is 2. The van der Waals surface area contributed by atoms with Crippen molar-refractivity contribution < 1.29 is 14.7 Å². The molecule has 0 saturated carbocycles. The predicted molar refractivity (Wildman–Crippen MR) is 75.6 cm³/mol. The van der Waals surface area contributed by atoms with Crippen molar-refractivity contribution in [2.45, 2.75) is 18.2 Å². The maximum atomic E-state index is 11.7. The zero-order chi connectivity index (χ0) is 13.7. The Morgan fingerprint density at radius 2 is 1.89 bits per heavy atom. The summed E-state index contributed by atoms with van der Waals surface area (Å²) < 4.78 is 0.860. The second-order valence-corrected chi connectivity index (χ2v) is 5.80.